The Hall–Kier alpha value is -3.91. The number of ether oxygens (including phenoxy) is 2. The highest BCUT2D eigenvalue weighted by Crippen LogP contribution is 2.27. The number of cyclic esters (lactones) is 2. The zero-order chi connectivity index (χ0) is 25.6. The predicted octanol–water partition coefficient (Wildman–Crippen LogP) is 5.71. The molecule has 0 aliphatic carbocycles. The summed E-state index contributed by atoms with van der Waals surface area (Å²) in [5.41, 5.74) is 1.99. The van der Waals surface area contributed by atoms with E-state index in [1.807, 2.05) is 60.7 Å². The third kappa shape index (κ3) is 9.38. The second-order valence-electron chi connectivity index (χ2n) is 7.22. The zero-order valence-corrected chi connectivity index (χ0v) is 20.2. The molecule has 2 aliphatic heterocycles. The van der Waals surface area contributed by atoms with Gasteiger partial charge < -0.3 is 14.8 Å². The topological polar surface area (TPSA) is 102 Å². The summed E-state index contributed by atoms with van der Waals surface area (Å²) < 4.78 is 9.70. The lowest BCUT2D eigenvalue weighted by atomic mass is 10.1. The van der Waals surface area contributed by atoms with Crippen molar-refractivity contribution in [2.45, 2.75) is 33.4 Å². The normalized spacial score (nSPS) is 18.1. The lowest BCUT2D eigenvalue weighted by Gasteiger charge is -2.18. The first-order chi connectivity index (χ1) is 16.9. The highest BCUT2D eigenvalue weighted by atomic mass is 35.5. The van der Waals surface area contributed by atoms with E-state index in [1.54, 1.807) is 26.0 Å². The maximum Gasteiger partial charge on any atom is 0.417 e. The Balaban J connectivity index is 0.000000298. The van der Waals surface area contributed by atoms with Crippen molar-refractivity contribution in [3.63, 3.8) is 0 Å². The van der Waals surface area contributed by atoms with Crippen LogP contribution in [0.5, 0.6) is 0 Å². The summed E-state index contributed by atoms with van der Waals surface area (Å²) in [6.45, 7) is 4.12. The van der Waals surface area contributed by atoms with Crippen molar-refractivity contribution in [1.29, 1.82) is 0 Å². The van der Waals surface area contributed by atoms with Crippen LogP contribution in [0.15, 0.2) is 85.0 Å². The molecule has 8 nitrogen and oxygen atoms in total. The van der Waals surface area contributed by atoms with Gasteiger partial charge in [-0.2, -0.15) is 0 Å². The van der Waals surface area contributed by atoms with Crippen LogP contribution in [0.4, 0.5) is 9.59 Å². The monoisotopic (exact) mass is 514 g/mol. The molecule has 2 aliphatic rings. The van der Waals surface area contributed by atoms with Gasteiger partial charge in [0.15, 0.2) is 0 Å². The summed E-state index contributed by atoms with van der Waals surface area (Å²) in [6.07, 6.45) is 4.95. The van der Waals surface area contributed by atoms with Gasteiger partial charge >= 0.3 is 12.2 Å². The summed E-state index contributed by atoms with van der Waals surface area (Å²) in [6, 6.07) is 18.9. The summed E-state index contributed by atoms with van der Waals surface area (Å²) >= 11 is 4.85. The Morgan fingerprint density at radius 3 is 1.89 bits per heavy atom. The van der Waals surface area contributed by atoms with Gasteiger partial charge in [-0.15, -0.1) is 0 Å². The molecule has 0 bridgehead atoms. The van der Waals surface area contributed by atoms with Crippen molar-refractivity contribution in [2.75, 3.05) is 13.2 Å². The standard InChI is InChI=1S/C13H13NO3.C9H9NO2.C4H5ClO.CH4/c1-2-6-12(15)14-11(9-17-13(14)16)10-7-4-3-5-8-10;11-9-10-8(6-12-9)7-4-2-1-3-5-7;1-2-3-4(5)6;/h2-8,11H,9H2,1H3;1-5,8H,6H2,(H,10,11);2-3H,1H3;1H4/b6-2+;;3-2+;/t11-;8-;;/m00../s1. The van der Waals surface area contributed by atoms with Gasteiger partial charge in [0.1, 0.15) is 19.3 Å². The fourth-order valence-electron chi connectivity index (χ4n) is 3.19. The lowest BCUT2D eigenvalue weighted by molar-refractivity contribution is -0.124. The molecule has 1 N–H and O–H groups in total. The van der Waals surface area contributed by atoms with Gasteiger partial charge in [0.25, 0.3) is 5.91 Å². The van der Waals surface area contributed by atoms with Gasteiger partial charge in [-0.05, 0) is 48.7 Å². The van der Waals surface area contributed by atoms with Crippen molar-refractivity contribution in [3.8, 4) is 0 Å². The first-order valence-corrected chi connectivity index (χ1v) is 11.2. The van der Waals surface area contributed by atoms with Gasteiger partial charge in [-0.3, -0.25) is 9.59 Å². The molecule has 2 aromatic carbocycles. The maximum atomic E-state index is 11.8. The molecule has 36 heavy (non-hydrogen) atoms. The van der Waals surface area contributed by atoms with Gasteiger partial charge in [0, 0.05) is 0 Å². The molecule has 0 saturated carbocycles. The molecule has 0 aromatic heterocycles. The van der Waals surface area contributed by atoms with Crippen LogP contribution < -0.4 is 5.32 Å². The van der Waals surface area contributed by atoms with Crippen molar-refractivity contribution in [1.82, 2.24) is 10.2 Å². The smallest absolute Gasteiger partial charge is 0.417 e. The van der Waals surface area contributed by atoms with Crippen LogP contribution in [0.2, 0.25) is 0 Å². The van der Waals surface area contributed by atoms with E-state index in [0.29, 0.717) is 6.61 Å². The molecule has 192 valence electrons. The number of amides is 3. The molecule has 4 rings (SSSR count). The number of hydrogen-bond donors (Lipinski definition) is 1. The summed E-state index contributed by atoms with van der Waals surface area (Å²) in [4.78, 5) is 44.9. The second kappa shape index (κ2) is 15.9. The van der Waals surface area contributed by atoms with Crippen LogP contribution >= 0.6 is 11.6 Å². The second-order valence-corrected chi connectivity index (χ2v) is 7.59. The molecule has 2 fully saturated rings. The van der Waals surface area contributed by atoms with Crippen LogP contribution in [-0.4, -0.2) is 41.4 Å². The summed E-state index contributed by atoms with van der Waals surface area (Å²) in [7, 11) is 0. The SMILES string of the molecule is C.C/C=C/C(=O)Cl.C/C=C/C(=O)N1C(=O)OC[C@H]1c1ccccc1.O=C1N[C@H](c2ccccc2)CO1. The molecular formula is C27H31ClN2O6. The van der Waals surface area contributed by atoms with Crippen molar-refractivity contribution >= 4 is 34.9 Å². The van der Waals surface area contributed by atoms with Crippen molar-refractivity contribution in [3.05, 3.63) is 96.1 Å². The number of rotatable bonds is 4. The largest absolute Gasteiger partial charge is 0.447 e. The maximum absolute atomic E-state index is 11.8. The fraction of sp³-hybridized carbons (Fsp3) is 0.259. The van der Waals surface area contributed by atoms with Crippen LogP contribution in [0.3, 0.4) is 0 Å². The number of allylic oxidation sites excluding steroid dienone is 3. The molecule has 0 unspecified atom stereocenters. The third-order valence-electron chi connectivity index (χ3n) is 4.78. The number of hydrogen-bond acceptors (Lipinski definition) is 6. The van der Waals surface area contributed by atoms with Crippen LogP contribution in [0, 0.1) is 0 Å². The minimum Gasteiger partial charge on any atom is -0.447 e. The van der Waals surface area contributed by atoms with E-state index in [0.717, 1.165) is 16.0 Å². The van der Waals surface area contributed by atoms with Gasteiger partial charge in [-0.25, -0.2) is 14.5 Å². The quantitative estimate of drug-likeness (QED) is 0.414. The minimum atomic E-state index is -0.582. The van der Waals surface area contributed by atoms with E-state index in [4.69, 9.17) is 21.1 Å². The number of nitrogens with zero attached hydrogens (tertiary/aromatic N) is 1. The number of benzene rings is 2. The molecule has 0 radical (unpaired) electrons. The van der Waals surface area contributed by atoms with Gasteiger partial charge in [-0.1, -0.05) is 80.2 Å². The number of carbonyl (C=O) groups is 4. The van der Waals surface area contributed by atoms with Crippen molar-refractivity contribution in [2.24, 2.45) is 0 Å². The van der Waals surface area contributed by atoms with Crippen LogP contribution in [0.1, 0.15) is 44.5 Å². The van der Waals surface area contributed by atoms with E-state index in [2.05, 4.69) is 5.32 Å². The Labute approximate surface area is 216 Å². The van der Waals surface area contributed by atoms with Crippen LogP contribution in [-0.2, 0) is 19.1 Å². The average Bonchev–Trinajstić information content (AvgIpc) is 3.47. The predicted molar refractivity (Wildman–Crippen MR) is 138 cm³/mol. The highest BCUT2D eigenvalue weighted by molar-refractivity contribution is 6.66. The lowest BCUT2D eigenvalue weighted by Crippen LogP contribution is -2.32. The minimum absolute atomic E-state index is 0. The molecule has 2 heterocycles. The summed E-state index contributed by atoms with van der Waals surface area (Å²) in [5.74, 6) is -0.344. The van der Waals surface area contributed by atoms with E-state index in [9.17, 15) is 19.2 Å². The Morgan fingerprint density at radius 1 is 0.889 bits per heavy atom. The number of halogens is 1. The first kappa shape index (κ1) is 30.1. The Morgan fingerprint density at radius 2 is 1.44 bits per heavy atom. The molecule has 0 spiro atoms. The molecular weight excluding hydrogens is 484 g/mol. The molecule has 9 heteroatoms. The van der Waals surface area contributed by atoms with Gasteiger partial charge in [0.05, 0.1) is 6.04 Å². The van der Waals surface area contributed by atoms with Crippen molar-refractivity contribution < 1.29 is 28.7 Å². The molecule has 2 atom stereocenters. The number of nitrogens with one attached hydrogen (secondary N) is 1. The highest BCUT2D eigenvalue weighted by Gasteiger charge is 2.37. The molecule has 3 amide bonds. The number of alkyl carbamates (subject to hydrolysis) is 1. The van der Waals surface area contributed by atoms with Crippen LogP contribution in [0.25, 0.3) is 0 Å². The Bertz CT molecular complexity index is 1060. The van der Waals surface area contributed by atoms with E-state index in [1.165, 1.54) is 12.2 Å². The van der Waals surface area contributed by atoms with E-state index in [-0.39, 0.29) is 38.1 Å². The van der Waals surface area contributed by atoms with E-state index < -0.39 is 11.3 Å². The number of imide groups is 1. The summed E-state index contributed by atoms with van der Waals surface area (Å²) in [5, 5.41) is 2.29. The Kier molecular flexibility index (Phi) is 13.3. The zero-order valence-electron chi connectivity index (χ0n) is 19.4. The fourth-order valence-corrected chi connectivity index (χ4v) is 3.32. The first-order valence-electron chi connectivity index (χ1n) is 10.8. The third-order valence-corrected chi connectivity index (χ3v) is 4.90. The van der Waals surface area contributed by atoms with E-state index >= 15 is 0 Å². The van der Waals surface area contributed by atoms with Gasteiger partial charge in [0.2, 0.25) is 5.24 Å². The molecule has 2 saturated heterocycles. The molecule has 2 aromatic rings. The average molecular weight is 515 g/mol. The number of carbonyl (C=O) groups excluding carboxylic acids is 4.